The summed E-state index contributed by atoms with van der Waals surface area (Å²) in [5.41, 5.74) is 6.98. The van der Waals surface area contributed by atoms with E-state index in [4.69, 9.17) is 5.73 Å². The van der Waals surface area contributed by atoms with Crippen LogP contribution in [-0.2, 0) is 0 Å². The highest BCUT2D eigenvalue weighted by Gasteiger charge is 2.29. The molecule has 24 heavy (non-hydrogen) atoms. The molecule has 2 aliphatic rings. The quantitative estimate of drug-likeness (QED) is 0.850. The molecule has 0 bridgehead atoms. The zero-order valence-corrected chi connectivity index (χ0v) is 15.7. The number of nitrogen functional groups attached to an aromatic ring is 1. The molecule has 2 aromatic rings. The van der Waals surface area contributed by atoms with Crippen LogP contribution in [0.4, 0.5) is 5.82 Å². The Bertz CT molecular complexity index is 713. The fraction of sp³-hybridized carbons (Fsp3) is 0.647. The average molecular weight is 393 g/mol. The van der Waals surface area contributed by atoms with Gasteiger partial charge in [0.2, 0.25) is 0 Å². The van der Waals surface area contributed by atoms with E-state index in [1.165, 1.54) is 51.9 Å². The highest BCUT2D eigenvalue weighted by Crippen LogP contribution is 2.37. The number of likely N-dealkylation sites (N-methyl/N-ethyl adjacent to an activating group) is 1. The maximum Gasteiger partial charge on any atom is 0.146 e. The van der Waals surface area contributed by atoms with Crippen molar-refractivity contribution >= 4 is 32.8 Å². The summed E-state index contributed by atoms with van der Waals surface area (Å²) >= 11 is 3.62. The highest BCUT2D eigenvalue weighted by molar-refractivity contribution is 9.10. The molecule has 6 nitrogen and oxygen atoms in total. The molecule has 0 spiro atoms. The van der Waals surface area contributed by atoms with Crippen molar-refractivity contribution in [1.82, 2.24) is 24.3 Å². The summed E-state index contributed by atoms with van der Waals surface area (Å²) in [6, 6.07) is 1.26. The molecule has 1 aliphatic carbocycles. The molecule has 7 heteroatoms. The number of rotatable bonds is 2. The monoisotopic (exact) mass is 392 g/mol. The van der Waals surface area contributed by atoms with Gasteiger partial charge < -0.3 is 15.2 Å². The number of hydrogen-bond acceptors (Lipinski definition) is 5. The maximum atomic E-state index is 6.03. The van der Waals surface area contributed by atoms with Gasteiger partial charge in [0.15, 0.2) is 0 Å². The molecular formula is C17H25BrN6. The number of nitrogens with zero attached hydrogens (tertiary/aromatic N) is 5. The molecule has 0 amide bonds. The van der Waals surface area contributed by atoms with Gasteiger partial charge in [-0.3, -0.25) is 4.90 Å². The van der Waals surface area contributed by atoms with E-state index in [1.54, 1.807) is 6.33 Å². The topological polar surface area (TPSA) is 63.2 Å². The summed E-state index contributed by atoms with van der Waals surface area (Å²) in [5.74, 6) is 0.553. The van der Waals surface area contributed by atoms with Crippen LogP contribution in [0.5, 0.6) is 0 Å². The van der Waals surface area contributed by atoms with E-state index in [2.05, 4.69) is 53.5 Å². The summed E-state index contributed by atoms with van der Waals surface area (Å²) in [4.78, 5) is 13.7. The van der Waals surface area contributed by atoms with Gasteiger partial charge in [0.05, 0.1) is 5.39 Å². The zero-order valence-electron chi connectivity index (χ0n) is 14.2. The van der Waals surface area contributed by atoms with Crippen LogP contribution < -0.4 is 5.73 Å². The lowest BCUT2D eigenvalue weighted by atomic mass is 9.89. The van der Waals surface area contributed by atoms with E-state index < -0.39 is 0 Å². The first-order valence-electron chi connectivity index (χ1n) is 8.82. The van der Waals surface area contributed by atoms with E-state index in [0.29, 0.717) is 11.9 Å². The van der Waals surface area contributed by atoms with Gasteiger partial charge in [-0.2, -0.15) is 0 Å². The number of anilines is 1. The van der Waals surface area contributed by atoms with Gasteiger partial charge in [-0.05, 0) is 48.7 Å². The minimum absolute atomic E-state index is 0.511. The Balaban J connectivity index is 1.47. The molecule has 0 aromatic carbocycles. The van der Waals surface area contributed by atoms with Crippen LogP contribution in [0.1, 0.15) is 31.7 Å². The number of fused-ring (bicyclic) bond motifs is 1. The number of aromatic nitrogens is 3. The molecule has 0 unspecified atom stereocenters. The first-order chi connectivity index (χ1) is 11.6. The van der Waals surface area contributed by atoms with Crippen molar-refractivity contribution < 1.29 is 0 Å². The van der Waals surface area contributed by atoms with E-state index >= 15 is 0 Å². The lowest BCUT2D eigenvalue weighted by Gasteiger charge is -2.41. The third-order valence-electron chi connectivity index (χ3n) is 5.71. The van der Waals surface area contributed by atoms with Crippen molar-refractivity contribution in [2.75, 3.05) is 39.0 Å². The molecule has 1 saturated carbocycles. The van der Waals surface area contributed by atoms with Crippen molar-refractivity contribution in [1.29, 1.82) is 0 Å². The van der Waals surface area contributed by atoms with E-state index in [9.17, 15) is 0 Å². The van der Waals surface area contributed by atoms with Crippen molar-refractivity contribution in [3.8, 4) is 0 Å². The van der Waals surface area contributed by atoms with Crippen LogP contribution in [0.3, 0.4) is 0 Å². The van der Waals surface area contributed by atoms with E-state index in [-0.39, 0.29) is 0 Å². The molecule has 0 atom stereocenters. The predicted octanol–water partition coefficient (Wildman–Crippen LogP) is 2.51. The second-order valence-corrected chi connectivity index (χ2v) is 8.00. The Labute approximate surface area is 151 Å². The summed E-state index contributed by atoms with van der Waals surface area (Å²) < 4.78 is 3.30. The van der Waals surface area contributed by atoms with Crippen molar-refractivity contribution in [3.63, 3.8) is 0 Å². The van der Waals surface area contributed by atoms with Crippen LogP contribution >= 0.6 is 15.9 Å². The third kappa shape index (κ3) is 2.93. The summed E-state index contributed by atoms with van der Waals surface area (Å²) in [7, 11) is 2.22. The summed E-state index contributed by atoms with van der Waals surface area (Å²) in [6.45, 7) is 4.83. The molecule has 4 rings (SSSR count). The van der Waals surface area contributed by atoms with Crippen LogP contribution in [0, 0.1) is 0 Å². The van der Waals surface area contributed by atoms with Crippen LogP contribution in [0.25, 0.3) is 11.0 Å². The van der Waals surface area contributed by atoms with Gasteiger partial charge in [-0.15, -0.1) is 0 Å². The first kappa shape index (κ1) is 16.3. The third-order valence-corrected chi connectivity index (χ3v) is 6.31. The second kappa shape index (κ2) is 6.61. The summed E-state index contributed by atoms with van der Waals surface area (Å²) in [6.07, 6.45) is 8.65. The van der Waals surface area contributed by atoms with Crippen molar-refractivity contribution in [3.05, 3.63) is 17.0 Å². The molecule has 130 valence electrons. The number of hydrogen-bond donors (Lipinski definition) is 1. The minimum atomic E-state index is 0.511. The second-order valence-electron chi connectivity index (χ2n) is 7.14. The molecule has 1 saturated heterocycles. The molecule has 2 aromatic heterocycles. The fourth-order valence-electron chi connectivity index (χ4n) is 4.23. The number of piperazine rings is 1. The normalized spacial score (nSPS) is 26.9. The molecule has 2 N–H and O–H groups in total. The molecule has 1 aliphatic heterocycles. The van der Waals surface area contributed by atoms with E-state index in [0.717, 1.165) is 21.5 Å². The fourth-order valence-corrected chi connectivity index (χ4v) is 4.83. The lowest BCUT2D eigenvalue weighted by molar-refractivity contribution is 0.0827. The smallest absolute Gasteiger partial charge is 0.146 e. The van der Waals surface area contributed by atoms with E-state index in [1.807, 2.05) is 0 Å². The average Bonchev–Trinajstić information content (AvgIpc) is 2.94. The van der Waals surface area contributed by atoms with Gasteiger partial charge >= 0.3 is 0 Å². The summed E-state index contributed by atoms with van der Waals surface area (Å²) in [5, 5.41) is 0.943. The van der Waals surface area contributed by atoms with Gasteiger partial charge in [0.1, 0.15) is 17.8 Å². The van der Waals surface area contributed by atoms with Gasteiger partial charge in [0, 0.05) is 48.9 Å². The predicted molar refractivity (Wildman–Crippen MR) is 100 cm³/mol. The van der Waals surface area contributed by atoms with Crippen molar-refractivity contribution in [2.45, 2.75) is 37.8 Å². The van der Waals surface area contributed by atoms with Gasteiger partial charge in [0.25, 0.3) is 0 Å². The molecular weight excluding hydrogens is 368 g/mol. The SMILES string of the molecule is CN1CCN([C@H]2CC[C@H](n3cc(Br)c4c(N)ncnc43)CC2)CC1. The maximum absolute atomic E-state index is 6.03. The molecule has 2 fully saturated rings. The zero-order chi connectivity index (χ0) is 16.7. The Hall–Kier alpha value is -1.18. The Morgan fingerprint density at radius 3 is 2.42 bits per heavy atom. The van der Waals surface area contributed by atoms with Crippen LogP contribution in [0.15, 0.2) is 17.0 Å². The van der Waals surface area contributed by atoms with Gasteiger partial charge in [-0.25, -0.2) is 9.97 Å². The highest BCUT2D eigenvalue weighted by atomic mass is 79.9. The lowest BCUT2D eigenvalue weighted by Crippen LogP contribution is -2.49. The Morgan fingerprint density at radius 2 is 1.71 bits per heavy atom. The number of nitrogens with two attached hydrogens (primary N) is 1. The first-order valence-corrected chi connectivity index (χ1v) is 9.62. The molecule has 0 radical (unpaired) electrons. The van der Waals surface area contributed by atoms with Crippen LogP contribution in [0.2, 0.25) is 0 Å². The van der Waals surface area contributed by atoms with Gasteiger partial charge in [-0.1, -0.05) is 0 Å². The Kier molecular flexibility index (Phi) is 4.49. The number of halogens is 1. The largest absolute Gasteiger partial charge is 0.383 e. The van der Waals surface area contributed by atoms with Crippen molar-refractivity contribution in [2.24, 2.45) is 0 Å². The van der Waals surface area contributed by atoms with Crippen LogP contribution in [-0.4, -0.2) is 63.6 Å². The minimum Gasteiger partial charge on any atom is -0.383 e. The molecule has 3 heterocycles. The standard InChI is InChI=1S/C17H25BrN6/c1-22-6-8-23(9-7-22)12-2-4-13(5-3-12)24-10-14(18)15-16(19)20-11-21-17(15)24/h10-13H,2-9H2,1H3,(H2,19,20,21)/t12-,13-. The Morgan fingerprint density at radius 1 is 1.04 bits per heavy atom.